The van der Waals surface area contributed by atoms with Crippen LogP contribution in [0.4, 0.5) is 0 Å². The summed E-state index contributed by atoms with van der Waals surface area (Å²) in [6, 6.07) is 5.07. The lowest BCUT2D eigenvalue weighted by Gasteiger charge is -2.25. The maximum absolute atomic E-state index is 12.0. The molecule has 1 aliphatic carbocycles. The Hall–Kier alpha value is -2.30. The number of pyridine rings is 1. The standard InChI is InChI=1S/C18H21NO4/c1-23-14-9-8-13-12(7-3-6-11-4-2-5-11)10-15(20)19-17(13)16(14)18(21)22/h8-11H,2-7H2,1H3,(H,19,20)(H,21,22). The van der Waals surface area contributed by atoms with Gasteiger partial charge in [0, 0.05) is 11.5 Å². The molecule has 1 aromatic heterocycles. The molecule has 5 nitrogen and oxygen atoms in total. The second kappa shape index (κ2) is 6.44. The molecule has 122 valence electrons. The molecule has 0 unspecified atom stereocenters. The first kappa shape index (κ1) is 15.6. The molecule has 0 amide bonds. The smallest absolute Gasteiger partial charge is 0.341 e. The van der Waals surface area contributed by atoms with E-state index < -0.39 is 5.97 Å². The van der Waals surface area contributed by atoms with Gasteiger partial charge in [0.25, 0.3) is 0 Å². The molecule has 2 aromatic rings. The van der Waals surface area contributed by atoms with E-state index in [2.05, 4.69) is 4.98 Å². The van der Waals surface area contributed by atoms with Crippen molar-refractivity contribution >= 4 is 16.9 Å². The van der Waals surface area contributed by atoms with Crippen LogP contribution < -0.4 is 10.3 Å². The van der Waals surface area contributed by atoms with E-state index in [9.17, 15) is 14.7 Å². The minimum atomic E-state index is -1.10. The second-order valence-electron chi connectivity index (χ2n) is 6.22. The number of H-pyrrole nitrogens is 1. The monoisotopic (exact) mass is 315 g/mol. The van der Waals surface area contributed by atoms with Crippen LogP contribution in [-0.2, 0) is 6.42 Å². The summed E-state index contributed by atoms with van der Waals surface area (Å²) in [6.07, 6.45) is 6.96. The highest BCUT2D eigenvalue weighted by Crippen LogP contribution is 2.32. The SMILES string of the molecule is COc1ccc2c(CCCC3CCC3)cc(=O)[nH]c2c1C(=O)O. The number of ether oxygens (including phenoxy) is 1. The Labute approximate surface area is 134 Å². The van der Waals surface area contributed by atoms with Gasteiger partial charge in [-0.3, -0.25) is 4.79 Å². The number of carboxylic acid groups (broad SMARTS) is 1. The number of aryl methyl sites for hydroxylation is 1. The van der Waals surface area contributed by atoms with Crippen LogP contribution >= 0.6 is 0 Å². The molecule has 0 atom stereocenters. The van der Waals surface area contributed by atoms with Gasteiger partial charge in [0.15, 0.2) is 0 Å². The van der Waals surface area contributed by atoms with Gasteiger partial charge in [-0.1, -0.05) is 25.7 Å². The number of carbonyl (C=O) groups is 1. The summed E-state index contributed by atoms with van der Waals surface area (Å²) in [5, 5.41) is 10.3. The largest absolute Gasteiger partial charge is 0.496 e. The maximum Gasteiger partial charge on any atom is 0.341 e. The lowest BCUT2D eigenvalue weighted by Crippen LogP contribution is -2.13. The van der Waals surface area contributed by atoms with Crippen molar-refractivity contribution in [2.75, 3.05) is 7.11 Å². The number of nitrogens with one attached hydrogen (secondary N) is 1. The molecule has 5 heteroatoms. The Balaban J connectivity index is 1.99. The summed E-state index contributed by atoms with van der Waals surface area (Å²) in [6.45, 7) is 0. The van der Waals surface area contributed by atoms with Gasteiger partial charge in [0.2, 0.25) is 5.56 Å². The molecule has 1 heterocycles. The number of aromatic carboxylic acids is 1. The first-order chi connectivity index (χ1) is 11.1. The van der Waals surface area contributed by atoms with Gasteiger partial charge in [-0.05, 0) is 36.5 Å². The van der Waals surface area contributed by atoms with Crippen molar-refractivity contribution in [3.63, 3.8) is 0 Å². The van der Waals surface area contributed by atoms with Crippen molar-refractivity contribution < 1.29 is 14.6 Å². The molecular weight excluding hydrogens is 294 g/mol. The van der Waals surface area contributed by atoms with Crippen LogP contribution in [0.5, 0.6) is 5.75 Å². The fourth-order valence-corrected chi connectivity index (χ4v) is 3.33. The number of hydrogen-bond donors (Lipinski definition) is 2. The first-order valence-corrected chi connectivity index (χ1v) is 8.06. The van der Waals surface area contributed by atoms with Gasteiger partial charge in [-0.2, -0.15) is 0 Å². The Morgan fingerprint density at radius 1 is 1.39 bits per heavy atom. The first-order valence-electron chi connectivity index (χ1n) is 8.06. The summed E-state index contributed by atoms with van der Waals surface area (Å²) in [5.74, 6) is -0.0140. The molecule has 1 aliphatic rings. The number of hydrogen-bond acceptors (Lipinski definition) is 3. The Morgan fingerprint density at radius 2 is 2.17 bits per heavy atom. The molecule has 3 rings (SSSR count). The van der Waals surface area contributed by atoms with Crippen LogP contribution in [0.1, 0.15) is 48.0 Å². The summed E-state index contributed by atoms with van der Waals surface area (Å²) < 4.78 is 5.13. The summed E-state index contributed by atoms with van der Waals surface area (Å²) in [5.41, 5.74) is 1.01. The quantitative estimate of drug-likeness (QED) is 0.856. The molecule has 23 heavy (non-hydrogen) atoms. The van der Waals surface area contributed by atoms with Crippen LogP contribution in [-0.4, -0.2) is 23.2 Å². The molecule has 2 N–H and O–H groups in total. The zero-order valence-corrected chi connectivity index (χ0v) is 13.2. The fraction of sp³-hybridized carbons (Fsp3) is 0.444. The zero-order chi connectivity index (χ0) is 16.4. The molecule has 1 aromatic carbocycles. The van der Waals surface area contributed by atoms with Crippen molar-refractivity contribution in [3.05, 3.63) is 39.7 Å². The molecule has 0 radical (unpaired) electrons. The van der Waals surface area contributed by atoms with E-state index in [0.29, 0.717) is 5.52 Å². The fourth-order valence-electron chi connectivity index (χ4n) is 3.33. The summed E-state index contributed by atoms with van der Waals surface area (Å²) in [4.78, 5) is 26.2. The number of aromatic nitrogens is 1. The van der Waals surface area contributed by atoms with Gasteiger partial charge in [0.05, 0.1) is 12.6 Å². The second-order valence-corrected chi connectivity index (χ2v) is 6.22. The number of carboxylic acids is 1. The molecule has 0 aliphatic heterocycles. The molecule has 1 fully saturated rings. The highest BCUT2D eigenvalue weighted by Gasteiger charge is 2.19. The topological polar surface area (TPSA) is 79.4 Å². The average molecular weight is 315 g/mol. The van der Waals surface area contributed by atoms with Gasteiger partial charge >= 0.3 is 5.97 Å². The number of fused-ring (bicyclic) bond motifs is 1. The minimum absolute atomic E-state index is 0.0166. The molecule has 0 saturated heterocycles. The average Bonchev–Trinajstić information content (AvgIpc) is 2.47. The van der Waals surface area contributed by atoms with E-state index in [0.717, 1.165) is 29.7 Å². The van der Waals surface area contributed by atoms with Crippen molar-refractivity contribution in [1.29, 1.82) is 0 Å². The summed E-state index contributed by atoms with van der Waals surface area (Å²) in [7, 11) is 1.42. The van der Waals surface area contributed by atoms with E-state index in [1.165, 1.54) is 32.8 Å². The van der Waals surface area contributed by atoms with E-state index >= 15 is 0 Å². The predicted octanol–water partition coefficient (Wildman–Crippen LogP) is 3.36. The minimum Gasteiger partial charge on any atom is -0.496 e. The Bertz CT molecular complexity index is 789. The van der Waals surface area contributed by atoms with Crippen LogP contribution in [0.25, 0.3) is 10.9 Å². The lowest BCUT2D eigenvalue weighted by molar-refractivity contribution is 0.0695. The normalized spacial score (nSPS) is 14.7. The zero-order valence-electron chi connectivity index (χ0n) is 13.2. The van der Waals surface area contributed by atoms with Crippen LogP contribution in [0, 0.1) is 5.92 Å². The Morgan fingerprint density at radius 3 is 2.78 bits per heavy atom. The van der Waals surface area contributed by atoms with Gasteiger partial charge in [-0.25, -0.2) is 4.79 Å². The number of methoxy groups -OCH3 is 1. The molecule has 1 saturated carbocycles. The van der Waals surface area contributed by atoms with Crippen molar-refractivity contribution in [2.45, 2.75) is 38.5 Å². The Kier molecular flexibility index (Phi) is 4.37. The van der Waals surface area contributed by atoms with E-state index in [-0.39, 0.29) is 16.9 Å². The molecule has 0 spiro atoms. The highest BCUT2D eigenvalue weighted by molar-refractivity contribution is 6.05. The molecule has 0 bridgehead atoms. The third-order valence-electron chi connectivity index (χ3n) is 4.78. The molecular formula is C18H21NO4. The van der Waals surface area contributed by atoms with Crippen molar-refractivity contribution in [1.82, 2.24) is 4.98 Å². The van der Waals surface area contributed by atoms with E-state index in [4.69, 9.17) is 4.74 Å². The third kappa shape index (κ3) is 3.09. The van der Waals surface area contributed by atoms with Crippen LogP contribution in [0.2, 0.25) is 0 Å². The highest BCUT2D eigenvalue weighted by atomic mass is 16.5. The van der Waals surface area contributed by atoms with Crippen molar-refractivity contribution in [2.24, 2.45) is 5.92 Å². The number of aromatic amines is 1. The summed E-state index contributed by atoms with van der Waals surface area (Å²) >= 11 is 0. The van der Waals surface area contributed by atoms with E-state index in [1.807, 2.05) is 6.07 Å². The predicted molar refractivity (Wildman–Crippen MR) is 88.4 cm³/mol. The lowest BCUT2D eigenvalue weighted by atomic mass is 9.81. The van der Waals surface area contributed by atoms with Crippen LogP contribution in [0.15, 0.2) is 23.0 Å². The van der Waals surface area contributed by atoms with Crippen molar-refractivity contribution in [3.8, 4) is 5.75 Å². The number of rotatable bonds is 6. The maximum atomic E-state index is 12.0. The van der Waals surface area contributed by atoms with Gasteiger partial charge in [-0.15, -0.1) is 0 Å². The van der Waals surface area contributed by atoms with Crippen LogP contribution in [0.3, 0.4) is 0 Å². The van der Waals surface area contributed by atoms with Gasteiger partial charge in [0.1, 0.15) is 11.3 Å². The van der Waals surface area contributed by atoms with Gasteiger partial charge < -0.3 is 14.8 Å². The van der Waals surface area contributed by atoms with E-state index in [1.54, 1.807) is 12.1 Å². The number of benzene rings is 1. The third-order valence-corrected chi connectivity index (χ3v) is 4.78.